The zero-order valence-electron chi connectivity index (χ0n) is 11.3. The van der Waals surface area contributed by atoms with Crippen LogP contribution in [-0.2, 0) is 0 Å². The maximum Gasteiger partial charge on any atom is 0.319 e. The second-order valence-corrected chi connectivity index (χ2v) is 7.25. The summed E-state index contributed by atoms with van der Waals surface area (Å²) < 4.78 is 0. The largest absolute Gasteiger partial charge is 0.331 e. The number of carbonyl (C=O) groups excluding carboxylic acids is 1. The van der Waals surface area contributed by atoms with Gasteiger partial charge in [0.2, 0.25) is 0 Å². The third-order valence-electron chi connectivity index (χ3n) is 5.89. The summed E-state index contributed by atoms with van der Waals surface area (Å²) in [6.45, 7) is 0.427. The first kappa shape index (κ1) is 11.8. The van der Waals surface area contributed by atoms with E-state index < -0.39 is 0 Å². The maximum absolute atomic E-state index is 11.8. The van der Waals surface area contributed by atoms with E-state index in [9.17, 15) is 4.79 Å². The van der Waals surface area contributed by atoms with E-state index in [1.165, 1.54) is 38.5 Å². The van der Waals surface area contributed by atoms with E-state index in [4.69, 9.17) is 5.73 Å². The van der Waals surface area contributed by atoms with Crippen LogP contribution in [0.3, 0.4) is 0 Å². The third kappa shape index (κ3) is 1.80. The van der Waals surface area contributed by atoms with Gasteiger partial charge in [-0.25, -0.2) is 4.79 Å². The van der Waals surface area contributed by atoms with E-state index in [1.807, 2.05) is 0 Å². The van der Waals surface area contributed by atoms with Gasteiger partial charge in [0, 0.05) is 12.2 Å². The molecule has 4 heteroatoms. The van der Waals surface area contributed by atoms with Crippen molar-refractivity contribution >= 4 is 6.03 Å². The molecule has 1 aliphatic heterocycles. The standard InChI is InChI=1S/C15H23N3O/c16-8-12-4-13(18-14(19)17-12)15-5-9-1-10(6-15)3-11(2-9)7-15/h4,9-11,13H,1-3,5-8,16H2,(H2,17,18,19). The molecule has 4 N–H and O–H groups in total. The number of carbonyl (C=O) groups is 1. The molecule has 4 nitrogen and oxygen atoms in total. The summed E-state index contributed by atoms with van der Waals surface area (Å²) in [4.78, 5) is 11.8. The van der Waals surface area contributed by atoms with Crippen LogP contribution in [0.25, 0.3) is 0 Å². The molecule has 5 rings (SSSR count). The highest BCUT2D eigenvalue weighted by molar-refractivity contribution is 5.78. The van der Waals surface area contributed by atoms with Gasteiger partial charge in [-0.3, -0.25) is 0 Å². The SMILES string of the molecule is NCC1=CC(C23CC4CC(CC(C4)C2)C3)NC(=O)N1. The van der Waals surface area contributed by atoms with Gasteiger partial charge in [0.05, 0.1) is 6.04 Å². The summed E-state index contributed by atoms with van der Waals surface area (Å²) >= 11 is 0. The first-order chi connectivity index (χ1) is 9.17. The van der Waals surface area contributed by atoms with Crippen LogP contribution < -0.4 is 16.4 Å². The van der Waals surface area contributed by atoms with Crippen LogP contribution in [0.5, 0.6) is 0 Å². The Hall–Kier alpha value is -1.03. The Balaban J connectivity index is 1.66. The van der Waals surface area contributed by atoms with E-state index in [2.05, 4.69) is 16.7 Å². The minimum absolute atomic E-state index is 0.0660. The van der Waals surface area contributed by atoms with Crippen LogP contribution >= 0.6 is 0 Å². The van der Waals surface area contributed by atoms with E-state index >= 15 is 0 Å². The van der Waals surface area contributed by atoms with E-state index in [0.29, 0.717) is 12.0 Å². The van der Waals surface area contributed by atoms with Crippen LogP contribution in [0.4, 0.5) is 4.79 Å². The summed E-state index contributed by atoms with van der Waals surface area (Å²) in [5, 5.41) is 5.97. The van der Waals surface area contributed by atoms with Gasteiger partial charge < -0.3 is 16.4 Å². The predicted octanol–water partition coefficient (Wildman–Crippen LogP) is 1.73. The van der Waals surface area contributed by atoms with Crippen molar-refractivity contribution in [2.45, 2.75) is 44.6 Å². The normalized spacial score (nSPS) is 47.6. The Morgan fingerprint density at radius 2 is 1.74 bits per heavy atom. The molecular formula is C15H23N3O. The summed E-state index contributed by atoms with van der Waals surface area (Å²) in [5.74, 6) is 2.73. The summed E-state index contributed by atoms with van der Waals surface area (Å²) in [6, 6.07) is 0.136. The molecule has 0 radical (unpaired) electrons. The Morgan fingerprint density at radius 3 is 2.26 bits per heavy atom. The number of amides is 2. The molecule has 0 spiro atoms. The maximum atomic E-state index is 11.8. The monoisotopic (exact) mass is 261 g/mol. The number of rotatable bonds is 2. The second-order valence-electron chi connectivity index (χ2n) is 7.25. The van der Waals surface area contributed by atoms with Crippen molar-refractivity contribution < 1.29 is 4.79 Å². The zero-order chi connectivity index (χ0) is 13.0. The van der Waals surface area contributed by atoms with E-state index in [-0.39, 0.29) is 12.1 Å². The van der Waals surface area contributed by atoms with Crippen molar-refractivity contribution in [3.8, 4) is 0 Å². The lowest BCUT2D eigenvalue weighted by atomic mass is 9.47. The molecular weight excluding hydrogens is 238 g/mol. The number of hydrogen-bond donors (Lipinski definition) is 3. The molecule has 1 unspecified atom stereocenters. The minimum Gasteiger partial charge on any atom is -0.331 e. The molecule has 4 aliphatic carbocycles. The van der Waals surface area contributed by atoms with Crippen LogP contribution in [0, 0.1) is 23.2 Å². The Labute approximate surface area is 114 Å². The smallest absolute Gasteiger partial charge is 0.319 e. The quantitative estimate of drug-likeness (QED) is 0.708. The molecule has 1 heterocycles. The van der Waals surface area contributed by atoms with Gasteiger partial charge in [0.15, 0.2) is 0 Å². The highest BCUT2D eigenvalue weighted by Gasteiger charge is 2.54. The lowest BCUT2D eigenvalue weighted by Gasteiger charge is -2.59. The molecule has 4 bridgehead atoms. The fraction of sp³-hybridized carbons (Fsp3) is 0.800. The van der Waals surface area contributed by atoms with Crippen LogP contribution in [0.2, 0.25) is 0 Å². The second kappa shape index (κ2) is 3.98. The third-order valence-corrected chi connectivity index (χ3v) is 5.89. The van der Waals surface area contributed by atoms with Crippen molar-refractivity contribution in [2.75, 3.05) is 6.54 Å². The first-order valence-corrected chi connectivity index (χ1v) is 7.65. The van der Waals surface area contributed by atoms with Crippen molar-refractivity contribution in [3.63, 3.8) is 0 Å². The highest BCUT2D eigenvalue weighted by atomic mass is 16.2. The van der Waals surface area contributed by atoms with Crippen LogP contribution in [0.1, 0.15) is 38.5 Å². The molecule has 0 aromatic rings. The van der Waals surface area contributed by atoms with Crippen molar-refractivity contribution in [1.82, 2.24) is 10.6 Å². The highest BCUT2D eigenvalue weighted by Crippen LogP contribution is 2.61. The first-order valence-electron chi connectivity index (χ1n) is 7.65. The molecule has 4 fully saturated rings. The molecule has 104 valence electrons. The van der Waals surface area contributed by atoms with Gasteiger partial charge in [-0.2, -0.15) is 0 Å². The number of nitrogens with one attached hydrogen (secondary N) is 2. The van der Waals surface area contributed by atoms with Crippen LogP contribution in [-0.4, -0.2) is 18.6 Å². The molecule has 0 aromatic heterocycles. The minimum atomic E-state index is -0.0660. The fourth-order valence-electron chi connectivity index (χ4n) is 5.62. The molecule has 19 heavy (non-hydrogen) atoms. The number of nitrogens with two attached hydrogens (primary N) is 1. The molecule has 0 aromatic carbocycles. The lowest BCUT2D eigenvalue weighted by molar-refractivity contribution is -0.0637. The van der Waals surface area contributed by atoms with E-state index in [1.54, 1.807) is 0 Å². The number of urea groups is 1. The molecule has 4 saturated carbocycles. The summed E-state index contributed by atoms with van der Waals surface area (Å²) in [7, 11) is 0. The molecule has 0 saturated heterocycles. The summed E-state index contributed by atoms with van der Waals surface area (Å²) in [5.41, 5.74) is 6.93. The molecule has 2 amide bonds. The lowest BCUT2D eigenvalue weighted by Crippen LogP contribution is -2.59. The summed E-state index contributed by atoms with van der Waals surface area (Å²) in [6.07, 6.45) is 10.4. The Morgan fingerprint density at radius 1 is 1.16 bits per heavy atom. The Bertz CT molecular complexity index is 407. The topological polar surface area (TPSA) is 67.1 Å². The van der Waals surface area contributed by atoms with Gasteiger partial charge >= 0.3 is 6.03 Å². The van der Waals surface area contributed by atoms with Gasteiger partial charge in [-0.1, -0.05) is 0 Å². The van der Waals surface area contributed by atoms with Crippen molar-refractivity contribution in [3.05, 3.63) is 11.8 Å². The van der Waals surface area contributed by atoms with Gasteiger partial charge in [-0.05, 0) is 67.8 Å². The van der Waals surface area contributed by atoms with Crippen molar-refractivity contribution in [2.24, 2.45) is 28.9 Å². The Kier molecular flexibility index (Phi) is 2.47. The van der Waals surface area contributed by atoms with Crippen molar-refractivity contribution in [1.29, 1.82) is 0 Å². The fourth-order valence-corrected chi connectivity index (χ4v) is 5.62. The van der Waals surface area contributed by atoms with E-state index in [0.717, 1.165) is 23.5 Å². The number of hydrogen-bond acceptors (Lipinski definition) is 2. The zero-order valence-corrected chi connectivity index (χ0v) is 11.3. The molecule has 1 atom stereocenters. The van der Waals surface area contributed by atoms with Crippen LogP contribution in [0.15, 0.2) is 11.8 Å². The predicted molar refractivity (Wildman–Crippen MR) is 73.2 cm³/mol. The van der Waals surface area contributed by atoms with Gasteiger partial charge in [0.1, 0.15) is 0 Å². The molecule has 5 aliphatic rings. The van der Waals surface area contributed by atoms with Gasteiger partial charge in [-0.15, -0.1) is 0 Å². The average molecular weight is 261 g/mol. The average Bonchev–Trinajstić information content (AvgIpc) is 2.36. The van der Waals surface area contributed by atoms with Gasteiger partial charge in [0.25, 0.3) is 0 Å².